The highest BCUT2D eigenvalue weighted by molar-refractivity contribution is 6.22. The Kier molecular flexibility index (Phi) is 7.60. The molecular weight excluding hydrogens is 512 g/mol. The maximum Gasteiger partial charge on any atom is 0.270 e. The first-order chi connectivity index (χ1) is 20.0. The van der Waals surface area contributed by atoms with Crippen molar-refractivity contribution < 1.29 is 10.0 Å². The molecule has 6 rings (SSSR count). The van der Waals surface area contributed by atoms with Crippen LogP contribution in [0.2, 0.25) is 0 Å². The third kappa shape index (κ3) is 6.05. The van der Waals surface area contributed by atoms with Crippen LogP contribution < -0.4 is 0 Å². The number of non-ortho nitro benzene ring substituents is 1. The quantitative estimate of drug-likeness (QED) is 0.121. The first kappa shape index (κ1) is 26.5. The Bertz CT molecular complexity index is 1670. The summed E-state index contributed by atoms with van der Waals surface area (Å²) in [5.74, 6) is 0.666. The van der Waals surface area contributed by atoms with Crippen molar-refractivity contribution >= 4 is 28.0 Å². The molecule has 0 amide bonds. The Morgan fingerprint density at radius 1 is 0.902 bits per heavy atom. The van der Waals surface area contributed by atoms with Crippen molar-refractivity contribution in [2.45, 2.75) is 25.8 Å². The number of piperidine rings is 1. The van der Waals surface area contributed by atoms with E-state index >= 15 is 0 Å². The first-order valence-corrected chi connectivity index (χ1v) is 14.0. The van der Waals surface area contributed by atoms with E-state index < -0.39 is 4.92 Å². The number of hydrogen-bond donors (Lipinski definition) is 2. The Morgan fingerprint density at radius 3 is 2.27 bits per heavy atom. The molecule has 7 heteroatoms. The van der Waals surface area contributed by atoms with Gasteiger partial charge in [0.15, 0.2) is 5.88 Å². The van der Waals surface area contributed by atoms with Crippen LogP contribution in [0.15, 0.2) is 108 Å². The molecule has 0 spiro atoms. The number of aromatic amines is 1. The lowest BCUT2D eigenvalue weighted by molar-refractivity contribution is -0.384. The highest BCUT2D eigenvalue weighted by Gasteiger charge is 2.22. The molecule has 41 heavy (non-hydrogen) atoms. The monoisotopic (exact) mass is 544 g/mol. The molecule has 1 aliphatic rings. The van der Waals surface area contributed by atoms with E-state index in [1.165, 1.54) is 36.1 Å². The SMILES string of the molecule is O=[N+]([O-])c1ccc2[nH]c(O)c(C(=Nc3ccc(CN4CCC(Cc5ccccc5)CC4)cc3)c3ccccc3)c2c1. The van der Waals surface area contributed by atoms with E-state index in [2.05, 4.69) is 52.3 Å². The molecule has 0 saturated carbocycles. The van der Waals surface area contributed by atoms with Gasteiger partial charge in [-0.2, -0.15) is 0 Å². The summed E-state index contributed by atoms with van der Waals surface area (Å²) in [6, 6.07) is 33.1. The minimum atomic E-state index is -0.433. The summed E-state index contributed by atoms with van der Waals surface area (Å²) >= 11 is 0. The Morgan fingerprint density at radius 2 is 1.59 bits per heavy atom. The number of rotatable bonds is 8. The molecular formula is C34H32N4O3. The topological polar surface area (TPSA) is 94.8 Å². The second kappa shape index (κ2) is 11.8. The van der Waals surface area contributed by atoms with E-state index in [1.54, 1.807) is 6.07 Å². The van der Waals surface area contributed by atoms with Crippen molar-refractivity contribution in [3.8, 4) is 5.88 Å². The molecule has 0 atom stereocenters. The molecule has 0 radical (unpaired) electrons. The summed E-state index contributed by atoms with van der Waals surface area (Å²) in [6.07, 6.45) is 3.58. The number of aromatic nitrogens is 1. The van der Waals surface area contributed by atoms with Crippen molar-refractivity contribution in [3.63, 3.8) is 0 Å². The van der Waals surface area contributed by atoms with Crippen molar-refractivity contribution in [3.05, 3.63) is 135 Å². The molecule has 1 saturated heterocycles. The van der Waals surface area contributed by atoms with Crippen molar-refractivity contribution in [2.24, 2.45) is 10.9 Å². The fraction of sp³-hybridized carbons (Fsp3) is 0.206. The van der Waals surface area contributed by atoms with Gasteiger partial charge in [-0.15, -0.1) is 0 Å². The van der Waals surface area contributed by atoms with Crippen LogP contribution in [-0.4, -0.2) is 38.7 Å². The second-order valence-corrected chi connectivity index (χ2v) is 10.7. The molecule has 2 N–H and O–H groups in total. The molecule has 0 aliphatic carbocycles. The number of nitro benzene ring substituents is 1. The fourth-order valence-electron chi connectivity index (χ4n) is 5.74. The van der Waals surface area contributed by atoms with E-state index in [0.717, 1.165) is 43.2 Å². The highest BCUT2D eigenvalue weighted by Crippen LogP contribution is 2.34. The lowest BCUT2D eigenvalue weighted by Crippen LogP contribution is -2.33. The van der Waals surface area contributed by atoms with Gasteiger partial charge in [-0.1, -0.05) is 72.8 Å². The molecule has 0 bridgehead atoms. The van der Waals surface area contributed by atoms with Crippen LogP contribution in [0, 0.1) is 16.0 Å². The van der Waals surface area contributed by atoms with Crippen LogP contribution >= 0.6 is 0 Å². The lowest BCUT2D eigenvalue weighted by Gasteiger charge is -2.32. The van der Waals surface area contributed by atoms with Crippen molar-refractivity contribution in [1.29, 1.82) is 0 Å². The molecule has 1 fully saturated rings. The van der Waals surface area contributed by atoms with Gasteiger partial charge >= 0.3 is 0 Å². The summed E-state index contributed by atoms with van der Waals surface area (Å²) in [5.41, 5.74) is 5.76. The largest absolute Gasteiger partial charge is 0.494 e. The standard InChI is InChI=1S/C34H32N4O3/c39-34-32(30-22-29(38(40)41)15-16-31(30)36-34)33(27-9-5-2-6-10-27)35-28-13-11-26(12-14-28)23-37-19-17-25(18-20-37)21-24-7-3-1-4-8-24/h1-16,22,25,36,39H,17-21,23H2. The van der Waals surface area contributed by atoms with Gasteiger partial charge in [0.1, 0.15) is 0 Å². The van der Waals surface area contributed by atoms with Gasteiger partial charge in [0, 0.05) is 35.1 Å². The minimum Gasteiger partial charge on any atom is -0.494 e. The molecule has 5 aromatic rings. The van der Waals surface area contributed by atoms with E-state index in [4.69, 9.17) is 4.99 Å². The molecule has 1 aromatic heterocycles. The lowest BCUT2D eigenvalue weighted by atomic mass is 9.90. The second-order valence-electron chi connectivity index (χ2n) is 10.7. The predicted molar refractivity (Wildman–Crippen MR) is 163 cm³/mol. The summed E-state index contributed by atoms with van der Waals surface area (Å²) in [4.78, 5) is 21.4. The van der Waals surface area contributed by atoms with Crippen LogP contribution in [0.3, 0.4) is 0 Å². The molecule has 206 valence electrons. The normalized spacial score (nSPS) is 14.9. The van der Waals surface area contributed by atoms with Crippen LogP contribution in [0.4, 0.5) is 11.4 Å². The number of aromatic hydroxyl groups is 1. The van der Waals surface area contributed by atoms with Gasteiger partial charge in [-0.25, -0.2) is 4.99 Å². The maximum absolute atomic E-state index is 11.5. The zero-order chi connectivity index (χ0) is 28.2. The molecule has 0 unspecified atom stereocenters. The summed E-state index contributed by atoms with van der Waals surface area (Å²) in [5, 5.41) is 22.9. The molecule has 2 heterocycles. The van der Waals surface area contributed by atoms with Crippen molar-refractivity contribution in [1.82, 2.24) is 9.88 Å². The fourth-order valence-corrected chi connectivity index (χ4v) is 5.74. The van der Waals surface area contributed by atoms with E-state index in [9.17, 15) is 15.2 Å². The Balaban J connectivity index is 1.21. The van der Waals surface area contributed by atoms with E-state index in [0.29, 0.717) is 22.2 Å². The van der Waals surface area contributed by atoms with Crippen molar-refractivity contribution in [2.75, 3.05) is 13.1 Å². The summed E-state index contributed by atoms with van der Waals surface area (Å²) in [7, 11) is 0. The molecule has 1 aliphatic heterocycles. The number of nitrogens with zero attached hydrogens (tertiary/aromatic N) is 3. The average molecular weight is 545 g/mol. The van der Waals surface area contributed by atoms with Gasteiger partial charge in [-0.3, -0.25) is 15.0 Å². The zero-order valence-corrected chi connectivity index (χ0v) is 22.7. The van der Waals surface area contributed by atoms with Crippen LogP contribution in [-0.2, 0) is 13.0 Å². The third-order valence-electron chi connectivity index (χ3n) is 7.91. The maximum atomic E-state index is 11.5. The average Bonchev–Trinajstić information content (AvgIpc) is 3.33. The Hall–Kier alpha value is -4.75. The zero-order valence-electron chi connectivity index (χ0n) is 22.7. The van der Waals surface area contributed by atoms with Gasteiger partial charge in [0.2, 0.25) is 0 Å². The number of likely N-dealkylation sites (tertiary alicyclic amines) is 1. The minimum absolute atomic E-state index is 0.0430. The molecule has 7 nitrogen and oxygen atoms in total. The van der Waals surface area contributed by atoms with Gasteiger partial charge in [0.05, 0.1) is 21.9 Å². The number of hydrogen-bond acceptors (Lipinski definition) is 5. The number of benzene rings is 4. The van der Waals surface area contributed by atoms with Gasteiger partial charge in [-0.05, 0) is 67.6 Å². The van der Waals surface area contributed by atoms with Crippen LogP contribution in [0.1, 0.15) is 35.1 Å². The Labute approximate surface area is 239 Å². The first-order valence-electron chi connectivity index (χ1n) is 14.0. The number of aliphatic imine (C=N–C) groups is 1. The van der Waals surface area contributed by atoms with E-state index in [1.807, 2.05) is 42.5 Å². The summed E-state index contributed by atoms with van der Waals surface area (Å²) < 4.78 is 0. The van der Waals surface area contributed by atoms with Crippen LogP contribution in [0.5, 0.6) is 5.88 Å². The smallest absolute Gasteiger partial charge is 0.270 e. The van der Waals surface area contributed by atoms with Gasteiger partial charge in [0.25, 0.3) is 5.69 Å². The third-order valence-corrected chi connectivity index (χ3v) is 7.91. The number of nitrogens with one attached hydrogen (secondary N) is 1. The number of fused-ring (bicyclic) bond motifs is 1. The van der Waals surface area contributed by atoms with Crippen LogP contribution in [0.25, 0.3) is 10.9 Å². The highest BCUT2D eigenvalue weighted by atomic mass is 16.6. The predicted octanol–water partition coefficient (Wildman–Crippen LogP) is 7.41. The van der Waals surface area contributed by atoms with E-state index in [-0.39, 0.29) is 11.6 Å². The molecule has 4 aromatic carbocycles. The summed E-state index contributed by atoms with van der Waals surface area (Å²) in [6.45, 7) is 3.10. The van der Waals surface area contributed by atoms with Gasteiger partial charge < -0.3 is 10.1 Å². The number of nitro groups is 1. The number of H-pyrrole nitrogens is 1.